The molecule has 2 fully saturated rings. The van der Waals surface area contributed by atoms with Gasteiger partial charge in [0.05, 0.1) is 12.0 Å². The summed E-state index contributed by atoms with van der Waals surface area (Å²) < 4.78 is 60.7. The lowest BCUT2D eigenvalue weighted by atomic mass is 10.2. The zero-order valence-corrected chi connectivity index (χ0v) is 22.8. The van der Waals surface area contributed by atoms with Gasteiger partial charge in [-0.15, -0.1) is 0 Å². The average Bonchev–Trinajstić information content (AvgIpc) is 3.22. The monoisotopic (exact) mass is 549 g/mol. The van der Waals surface area contributed by atoms with Gasteiger partial charge >= 0.3 is 0 Å². The van der Waals surface area contributed by atoms with Gasteiger partial charge in [0.2, 0.25) is 20.0 Å². The molecular weight excluding hydrogens is 514 g/mol. The van der Waals surface area contributed by atoms with Crippen LogP contribution in [0.5, 0.6) is 5.75 Å². The second kappa shape index (κ2) is 11.9. The summed E-state index contributed by atoms with van der Waals surface area (Å²) in [4.78, 5) is 13.1. The zero-order chi connectivity index (χ0) is 26.5. The van der Waals surface area contributed by atoms with Crippen molar-refractivity contribution >= 4 is 26.0 Å². The van der Waals surface area contributed by atoms with Crippen LogP contribution in [-0.2, 0) is 26.6 Å². The normalized spacial score (nSPS) is 18.2. The maximum atomic E-state index is 13.4. The molecule has 0 spiro atoms. The summed E-state index contributed by atoms with van der Waals surface area (Å²) in [5.74, 6) is -0.230. The number of sulfonamides is 2. The molecule has 2 aromatic carbocycles. The van der Waals surface area contributed by atoms with Crippen LogP contribution < -0.4 is 10.1 Å². The smallest absolute Gasteiger partial charge is 0.251 e. The minimum Gasteiger partial charge on any atom is -0.495 e. The number of ether oxygens (including phenoxy) is 1. The molecule has 2 aliphatic rings. The molecule has 2 aromatic rings. The van der Waals surface area contributed by atoms with E-state index in [-0.39, 0.29) is 27.6 Å². The summed E-state index contributed by atoms with van der Waals surface area (Å²) >= 11 is 0. The van der Waals surface area contributed by atoms with Crippen molar-refractivity contribution in [1.29, 1.82) is 0 Å². The van der Waals surface area contributed by atoms with Gasteiger partial charge in [0, 0.05) is 38.3 Å². The maximum absolute atomic E-state index is 13.4. The van der Waals surface area contributed by atoms with E-state index < -0.39 is 26.0 Å². The Morgan fingerprint density at radius 1 is 0.784 bits per heavy atom. The van der Waals surface area contributed by atoms with Crippen molar-refractivity contribution in [3.8, 4) is 5.75 Å². The molecule has 0 saturated carbocycles. The van der Waals surface area contributed by atoms with E-state index in [0.717, 1.165) is 50.5 Å². The third-order valence-corrected chi connectivity index (χ3v) is 10.8. The van der Waals surface area contributed by atoms with E-state index in [0.29, 0.717) is 26.2 Å². The molecule has 0 bridgehead atoms. The van der Waals surface area contributed by atoms with Gasteiger partial charge in [0.15, 0.2) is 0 Å². The molecule has 202 valence electrons. The fraction of sp³-hybridized carbons (Fsp3) is 0.500. The average molecular weight is 550 g/mol. The summed E-state index contributed by atoms with van der Waals surface area (Å²) in [6.07, 6.45) is 6.39. The molecule has 9 nitrogen and oxygen atoms in total. The minimum absolute atomic E-state index is 0.0168. The number of piperidine rings is 1. The molecule has 1 amide bonds. The van der Waals surface area contributed by atoms with Gasteiger partial charge in [0.1, 0.15) is 10.6 Å². The minimum atomic E-state index is -3.81. The van der Waals surface area contributed by atoms with E-state index in [4.69, 9.17) is 4.74 Å². The lowest BCUT2D eigenvalue weighted by Gasteiger charge is -2.25. The maximum Gasteiger partial charge on any atom is 0.251 e. The van der Waals surface area contributed by atoms with Crippen LogP contribution in [0.3, 0.4) is 0 Å². The molecule has 0 atom stereocenters. The molecule has 2 aliphatic heterocycles. The second-order valence-corrected chi connectivity index (χ2v) is 13.3. The molecule has 0 aliphatic carbocycles. The zero-order valence-electron chi connectivity index (χ0n) is 21.2. The number of nitrogens with zero attached hydrogens (tertiary/aromatic N) is 2. The first-order valence-corrected chi connectivity index (χ1v) is 15.7. The highest BCUT2D eigenvalue weighted by molar-refractivity contribution is 7.89. The van der Waals surface area contributed by atoms with Crippen molar-refractivity contribution in [3.05, 3.63) is 53.6 Å². The highest BCUT2D eigenvalue weighted by atomic mass is 32.2. The summed E-state index contributed by atoms with van der Waals surface area (Å²) in [5.41, 5.74) is 0.940. The van der Waals surface area contributed by atoms with Crippen LogP contribution in [0.4, 0.5) is 0 Å². The third-order valence-electron chi connectivity index (χ3n) is 6.94. The highest BCUT2D eigenvalue weighted by Gasteiger charge is 2.29. The number of carbonyl (C=O) groups excluding carboxylic acids is 1. The SMILES string of the molecule is COc1ccc(C(=O)NCc2ccc(S(=O)(=O)N3CCCCC3)cc2)cc1S(=O)(=O)N1CCCCCC1. The van der Waals surface area contributed by atoms with Crippen molar-refractivity contribution in [2.75, 3.05) is 33.3 Å². The van der Waals surface area contributed by atoms with E-state index in [1.165, 1.54) is 33.9 Å². The Bertz CT molecular complexity index is 1300. The van der Waals surface area contributed by atoms with Crippen molar-refractivity contribution in [1.82, 2.24) is 13.9 Å². The van der Waals surface area contributed by atoms with E-state index in [2.05, 4.69) is 5.32 Å². The van der Waals surface area contributed by atoms with Crippen LogP contribution in [0.1, 0.15) is 60.9 Å². The predicted molar refractivity (Wildman–Crippen MR) is 140 cm³/mol. The molecule has 2 saturated heterocycles. The fourth-order valence-corrected chi connectivity index (χ4v) is 7.97. The molecule has 37 heavy (non-hydrogen) atoms. The summed E-state index contributed by atoms with van der Waals surface area (Å²) in [5, 5.41) is 2.79. The number of carbonyl (C=O) groups is 1. The first kappa shape index (κ1) is 27.6. The Kier molecular flexibility index (Phi) is 8.89. The lowest BCUT2D eigenvalue weighted by Crippen LogP contribution is -2.35. The van der Waals surface area contributed by atoms with Gasteiger partial charge in [-0.1, -0.05) is 31.4 Å². The Hall–Kier alpha value is -2.47. The van der Waals surface area contributed by atoms with Crippen molar-refractivity contribution < 1.29 is 26.4 Å². The summed E-state index contributed by atoms with van der Waals surface area (Å²) in [7, 11) is -5.92. The van der Waals surface area contributed by atoms with Gasteiger partial charge < -0.3 is 10.1 Å². The largest absolute Gasteiger partial charge is 0.495 e. The number of hydrogen-bond donors (Lipinski definition) is 1. The van der Waals surface area contributed by atoms with Crippen molar-refractivity contribution in [2.45, 2.75) is 61.3 Å². The summed E-state index contributed by atoms with van der Waals surface area (Å²) in [6.45, 7) is 2.15. The van der Waals surface area contributed by atoms with Gasteiger partial charge in [-0.2, -0.15) is 8.61 Å². The van der Waals surface area contributed by atoms with Crippen LogP contribution in [0.25, 0.3) is 0 Å². The van der Waals surface area contributed by atoms with E-state index in [9.17, 15) is 21.6 Å². The van der Waals surface area contributed by atoms with Crippen LogP contribution in [-0.4, -0.2) is 64.6 Å². The Labute approximate surface area is 219 Å². The van der Waals surface area contributed by atoms with Crippen LogP contribution >= 0.6 is 0 Å². The summed E-state index contributed by atoms with van der Waals surface area (Å²) in [6, 6.07) is 10.9. The van der Waals surface area contributed by atoms with E-state index in [1.807, 2.05) is 0 Å². The van der Waals surface area contributed by atoms with E-state index in [1.54, 1.807) is 24.3 Å². The van der Waals surface area contributed by atoms with Gasteiger partial charge in [-0.25, -0.2) is 16.8 Å². The third kappa shape index (κ3) is 6.34. The first-order chi connectivity index (χ1) is 17.7. The van der Waals surface area contributed by atoms with Gasteiger partial charge in [-0.05, 0) is 61.6 Å². The van der Waals surface area contributed by atoms with Crippen molar-refractivity contribution in [2.24, 2.45) is 0 Å². The molecule has 11 heteroatoms. The fourth-order valence-electron chi connectivity index (χ4n) is 4.76. The predicted octanol–water partition coefficient (Wildman–Crippen LogP) is 3.36. The van der Waals surface area contributed by atoms with Gasteiger partial charge in [-0.3, -0.25) is 4.79 Å². The number of amides is 1. The quantitative estimate of drug-likeness (QED) is 0.540. The Morgan fingerprint density at radius 2 is 1.32 bits per heavy atom. The van der Waals surface area contributed by atoms with Crippen LogP contribution in [0.2, 0.25) is 0 Å². The van der Waals surface area contributed by atoms with E-state index >= 15 is 0 Å². The lowest BCUT2D eigenvalue weighted by molar-refractivity contribution is 0.0950. The molecule has 1 N–H and O–H groups in total. The number of hydrogen-bond acceptors (Lipinski definition) is 6. The van der Waals surface area contributed by atoms with Crippen LogP contribution in [0.15, 0.2) is 52.3 Å². The first-order valence-electron chi connectivity index (χ1n) is 12.8. The Morgan fingerprint density at radius 3 is 1.89 bits per heavy atom. The number of benzene rings is 2. The number of nitrogens with one attached hydrogen (secondary N) is 1. The van der Waals surface area contributed by atoms with Crippen molar-refractivity contribution in [3.63, 3.8) is 0 Å². The molecule has 4 rings (SSSR count). The molecule has 0 unspecified atom stereocenters. The molecule has 0 radical (unpaired) electrons. The standard InChI is InChI=1S/C26H35N3O6S2/c1-35-24-14-11-22(19-25(24)37(33,34)29-17-5-2-3-6-18-29)26(30)27-20-21-9-12-23(13-10-21)36(31,32)28-15-7-4-8-16-28/h9-14,19H,2-8,15-18,20H2,1H3,(H,27,30). The second-order valence-electron chi connectivity index (χ2n) is 9.48. The topological polar surface area (TPSA) is 113 Å². The highest BCUT2D eigenvalue weighted by Crippen LogP contribution is 2.29. The molecule has 2 heterocycles. The Balaban J connectivity index is 1.45. The number of rotatable bonds is 8. The number of methoxy groups -OCH3 is 1. The molecule has 0 aromatic heterocycles. The van der Waals surface area contributed by atoms with Crippen LogP contribution in [0, 0.1) is 0 Å². The van der Waals surface area contributed by atoms with Gasteiger partial charge in [0.25, 0.3) is 5.91 Å². The molecular formula is C26H35N3O6S2.